The van der Waals surface area contributed by atoms with Crippen molar-refractivity contribution >= 4 is 22.8 Å². The van der Waals surface area contributed by atoms with Gasteiger partial charge in [-0.05, 0) is 55.4 Å². The number of pyridine rings is 2. The summed E-state index contributed by atoms with van der Waals surface area (Å²) in [5.74, 6) is -1.61. The highest BCUT2D eigenvalue weighted by molar-refractivity contribution is 6.04. The van der Waals surface area contributed by atoms with Crippen LogP contribution in [-0.4, -0.2) is 76.8 Å². The van der Waals surface area contributed by atoms with Gasteiger partial charge in [-0.15, -0.1) is 0 Å². The van der Waals surface area contributed by atoms with Gasteiger partial charge in [-0.1, -0.05) is 19.1 Å². The number of benzene rings is 1. The number of hydrogen-bond donors (Lipinski definition) is 3. The lowest BCUT2D eigenvalue weighted by Gasteiger charge is -2.38. The summed E-state index contributed by atoms with van der Waals surface area (Å²) in [6.45, 7) is 5.48. The lowest BCUT2D eigenvalue weighted by molar-refractivity contribution is -0.128. The van der Waals surface area contributed by atoms with E-state index in [9.17, 15) is 23.9 Å². The van der Waals surface area contributed by atoms with Crippen molar-refractivity contribution in [1.29, 1.82) is 0 Å². The van der Waals surface area contributed by atoms with Gasteiger partial charge in [0.25, 0.3) is 11.5 Å². The molecule has 0 radical (unpaired) electrons. The average molecular weight is 566 g/mol. The van der Waals surface area contributed by atoms with E-state index >= 15 is 0 Å². The molecule has 1 aliphatic heterocycles. The van der Waals surface area contributed by atoms with Crippen molar-refractivity contribution in [3.8, 4) is 16.9 Å². The highest BCUT2D eigenvalue weighted by atomic mass is 19.1. The van der Waals surface area contributed by atoms with E-state index in [-0.39, 0.29) is 29.3 Å². The lowest BCUT2D eigenvalue weighted by Crippen LogP contribution is -2.60. The molecule has 1 aliphatic carbocycles. The minimum absolute atomic E-state index is 0.213. The Balaban J connectivity index is 1.59. The lowest BCUT2D eigenvalue weighted by atomic mass is 9.76. The predicted octanol–water partition coefficient (Wildman–Crippen LogP) is 2.67. The second-order valence-corrected chi connectivity index (χ2v) is 11.0. The number of hydrogen-bond acceptors (Lipinski definition) is 7. The average Bonchev–Trinajstić information content (AvgIpc) is 2.98. The standard InChI is InChI=1S/C30H36FN5O5/c1-19-7-9-30(10-8-19,29(40)32-2)34-27(38)24-25(37)23-17-21(20-3-5-22(31)6-4-20)18-33-26(23)36(28(24)39)12-11-35-13-15-41-16-14-35/h3-6,17-19,37H,7-16H2,1-2H3,(H,32,40)(H,34,38). The van der Waals surface area contributed by atoms with Crippen LogP contribution in [0.5, 0.6) is 5.75 Å². The van der Waals surface area contributed by atoms with Crippen molar-refractivity contribution < 1.29 is 23.8 Å². The number of morpholine rings is 1. The van der Waals surface area contributed by atoms with Gasteiger partial charge in [0, 0.05) is 45.0 Å². The number of likely N-dealkylation sites (N-methyl/N-ethyl adjacent to an activating group) is 1. The first-order valence-corrected chi connectivity index (χ1v) is 14.1. The zero-order chi connectivity index (χ0) is 29.1. The third-order valence-corrected chi connectivity index (χ3v) is 8.36. The molecule has 41 heavy (non-hydrogen) atoms. The third kappa shape index (κ3) is 5.82. The number of rotatable bonds is 7. The number of nitrogens with one attached hydrogen (secondary N) is 2. The second-order valence-electron chi connectivity index (χ2n) is 11.0. The number of nitrogens with zero attached hydrogens (tertiary/aromatic N) is 3. The number of halogens is 1. The molecule has 218 valence electrons. The molecule has 0 atom stereocenters. The highest BCUT2D eigenvalue weighted by Crippen LogP contribution is 2.34. The minimum atomic E-state index is -1.18. The van der Waals surface area contributed by atoms with Crippen LogP contribution in [0, 0.1) is 11.7 Å². The van der Waals surface area contributed by atoms with E-state index in [0.29, 0.717) is 62.7 Å². The Kier molecular flexibility index (Phi) is 8.37. The van der Waals surface area contributed by atoms with Crippen LogP contribution in [0.1, 0.15) is 43.0 Å². The van der Waals surface area contributed by atoms with Crippen LogP contribution >= 0.6 is 0 Å². The normalized spacial score (nSPS) is 21.5. The van der Waals surface area contributed by atoms with Crippen LogP contribution in [0.25, 0.3) is 22.2 Å². The highest BCUT2D eigenvalue weighted by Gasteiger charge is 2.43. The van der Waals surface area contributed by atoms with Gasteiger partial charge in [0.05, 0.1) is 18.6 Å². The molecule has 1 saturated heterocycles. The summed E-state index contributed by atoms with van der Waals surface area (Å²) in [4.78, 5) is 47.3. The summed E-state index contributed by atoms with van der Waals surface area (Å²) in [7, 11) is 1.52. The summed E-state index contributed by atoms with van der Waals surface area (Å²) in [5, 5.41) is 17.1. The summed E-state index contributed by atoms with van der Waals surface area (Å²) in [6, 6.07) is 7.47. The molecular formula is C30H36FN5O5. The van der Waals surface area contributed by atoms with Crippen molar-refractivity contribution in [1.82, 2.24) is 25.1 Å². The zero-order valence-electron chi connectivity index (χ0n) is 23.4. The molecule has 0 unspecified atom stereocenters. The largest absolute Gasteiger partial charge is 0.506 e. The summed E-state index contributed by atoms with van der Waals surface area (Å²) >= 11 is 0. The van der Waals surface area contributed by atoms with Gasteiger partial charge in [0.1, 0.15) is 28.3 Å². The molecule has 2 fully saturated rings. The molecule has 11 heteroatoms. The van der Waals surface area contributed by atoms with Crippen LogP contribution in [0.15, 0.2) is 41.3 Å². The Bertz CT molecular complexity index is 1490. The van der Waals surface area contributed by atoms with Crippen molar-refractivity contribution in [2.45, 2.75) is 44.7 Å². The maximum atomic E-state index is 13.9. The Hall–Kier alpha value is -3.83. The monoisotopic (exact) mass is 565 g/mol. The van der Waals surface area contributed by atoms with Gasteiger partial charge in [-0.2, -0.15) is 0 Å². The smallest absolute Gasteiger partial charge is 0.268 e. The fourth-order valence-corrected chi connectivity index (χ4v) is 5.78. The van der Waals surface area contributed by atoms with E-state index in [0.717, 1.165) is 12.8 Å². The van der Waals surface area contributed by atoms with Gasteiger partial charge in [-0.25, -0.2) is 9.37 Å². The van der Waals surface area contributed by atoms with Crippen LogP contribution in [0.4, 0.5) is 4.39 Å². The first kappa shape index (κ1) is 28.7. The van der Waals surface area contributed by atoms with Crippen molar-refractivity contribution in [3.05, 3.63) is 58.3 Å². The molecule has 1 aromatic carbocycles. The maximum absolute atomic E-state index is 13.9. The van der Waals surface area contributed by atoms with Gasteiger partial charge in [-0.3, -0.25) is 23.9 Å². The molecule has 2 aromatic heterocycles. The quantitative estimate of drug-likeness (QED) is 0.402. The van der Waals surface area contributed by atoms with Crippen LogP contribution < -0.4 is 16.2 Å². The fourth-order valence-electron chi connectivity index (χ4n) is 5.78. The topological polar surface area (TPSA) is 126 Å². The number of aromatic nitrogens is 2. The van der Waals surface area contributed by atoms with E-state index in [1.165, 1.54) is 23.7 Å². The zero-order valence-corrected chi connectivity index (χ0v) is 23.4. The van der Waals surface area contributed by atoms with E-state index < -0.39 is 28.3 Å². The number of ether oxygens (including phenoxy) is 1. The molecule has 3 N–H and O–H groups in total. The van der Waals surface area contributed by atoms with Gasteiger partial charge in [0.2, 0.25) is 5.91 Å². The van der Waals surface area contributed by atoms with Crippen molar-refractivity contribution in [3.63, 3.8) is 0 Å². The Labute approximate surface area is 237 Å². The van der Waals surface area contributed by atoms with E-state index in [2.05, 4.69) is 27.4 Å². The molecular weight excluding hydrogens is 529 g/mol. The van der Waals surface area contributed by atoms with E-state index in [1.54, 1.807) is 24.4 Å². The van der Waals surface area contributed by atoms with Crippen LogP contribution in [0.3, 0.4) is 0 Å². The molecule has 3 heterocycles. The number of aromatic hydroxyl groups is 1. The van der Waals surface area contributed by atoms with Gasteiger partial charge >= 0.3 is 0 Å². The number of fused-ring (bicyclic) bond motifs is 1. The molecule has 5 rings (SSSR count). The molecule has 1 saturated carbocycles. The van der Waals surface area contributed by atoms with E-state index in [1.807, 2.05) is 0 Å². The third-order valence-electron chi connectivity index (χ3n) is 8.36. The van der Waals surface area contributed by atoms with Crippen LogP contribution in [0.2, 0.25) is 0 Å². The maximum Gasteiger partial charge on any atom is 0.268 e. The first-order valence-electron chi connectivity index (χ1n) is 14.1. The van der Waals surface area contributed by atoms with Crippen molar-refractivity contribution in [2.75, 3.05) is 39.9 Å². The molecule has 2 amide bonds. The molecule has 0 bridgehead atoms. The first-order chi connectivity index (χ1) is 19.7. The number of carbonyl (C=O) groups is 2. The van der Waals surface area contributed by atoms with Gasteiger partial charge in [0.15, 0.2) is 0 Å². The molecule has 2 aliphatic rings. The number of amides is 2. The van der Waals surface area contributed by atoms with E-state index in [4.69, 9.17) is 4.74 Å². The SMILES string of the molecule is CNC(=O)C1(NC(=O)c2c(O)c3cc(-c4ccc(F)cc4)cnc3n(CCN3CCOCC3)c2=O)CCC(C)CC1. The molecule has 10 nitrogen and oxygen atoms in total. The number of carbonyl (C=O) groups excluding carboxylic acids is 2. The second kappa shape index (κ2) is 12.0. The summed E-state index contributed by atoms with van der Waals surface area (Å²) < 4.78 is 20.4. The summed E-state index contributed by atoms with van der Waals surface area (Å²) in [5.41, 5.74) is -0.819. The Morgan fingerprint density at radius 1 is 1.12 bits per heavy atom. The summed E-state index contributed by atoms with van der Waals surface area (Å²) in [6.07, 6.45) is 3.90. The minimum Gasteiger partial charge on any atom is -0.506 e. The van der Waals surface area contributed by atoms with Crippen LogP contribution in [-0.2, 0) is 16.1 Å². The van der Waals surface area contributed by atoms with Crippen molar-refractivity contribution in [2.24, 2.45) is 5.92 Å². The molecule has 3 aromatic rings. The predicted molar refractivity (Wildman–Crippen MR) is 152 cm³/mol. The Morgan fingerprint density at radius 2 is 1.80 bits per heavy atom. The van der Waals surface area contributed by atoms with Gasteiger partial charge < -0.3 is 20.5 Å². The Morgan fingerprint density at radius 3 is 2.46 bits per heavy atom. The molecule has 0 spiro atoms. The fraction of sp³-hybridized carbons (Fsp3) is 0.467.